The van der Waals surface area contributed by atoms with E-state index in [2.05, 4.69) is 5.48 Å². The highest BCUT2D eigenvalue weighted by atomic mass is 16.5. The van der Waals surface area contributed by atoms with E-state index in [-0.39, 0.29) is 12.3 Å². The van der Waals surface area contributed by atoms with Crippen molar-refractivity contribution >= 4 is 5.78 Å². The summed E-state index contributed by atoms with van der Waals surface area (Å²) in [6.07, 6.45) is 0. The SMILES string of the molecule is CC(=O)c1cc(-c2ccccc2)ccc1CNO. The molecule has 3 nitrogen and oxygen atoms in total. The molecule has 2 rings (SSSR count). The molecular formula is C15H15NO2. The van der Waals surface area contributed by atoms with Gasteiger partial charge >= 0.3 is 0 Å². The lowest BCUT2D eigenvalue weighted by Crippen LogP contribution is -2.10. The molecule has 0 saturated heterocycles. The lowest BCUT2D eigenvalue weighted by molar-refractivity contribution is 0.101. The normalized spacial score (nSPS) is 10.3. The number of Topliss-reactive ketones (excluding diaryl/α,β-unsaturated/α-hetero) is 1. The van der Waals surface area contributed by atoms with E-state index in [0.29, 0.717) is 5.56 Å². The van der Waals surface area contributed by atoms with Gasteiger partial charge in [0.15, 0.2) is 5.78 Å². The number of ketones is 1. The predicted octanol–water partition coefficient (Wildman–Crippen LogP) is 3.04. The molecule has 0 aliphatic rings. The quantitative estimate of drug-likeness (QED) is 0.639. The summed E-state index contributed by atoms with van der Waals surface area (Å²) in [5.41, 5.74) is 5.59. The van der Waals surface area contributed by atoms with Gasteiger partial charge in [0.25, 0.3) is 0 Å². The molecular weight excluding hydrogens is 226 g/mol. The topological polar surface area (TPSA) is 49.3 Å². The van der Waals surface area contributed by atoms with Crippen LogP contribution in [0.3, 0.4) is 0 Å². The first kappa shape index (κ1) is 12.5. The van der Waals surface area contributed by atoms with Gasteiger partial charge in [-0.3, -0.25) is 4.79 Å². The summed E-state index contributed by atoms with van der Waals surface area (Å²) in [6, 6.07) is 15.6. The van der Waals surface area contributed by atoms with Crippen molar-refractivity contribution in [1.29, 1.82) is 0 Å². The Kier molecular flexibility index (Phi) is 3.87. The van der Waals surface area contributed by atoms with Crippen molar-refractivity contribution in [2.75, 3.05) is 0 Å². The summed E-state index contributed by atoms with van der Waals surface area (Å²) in [5, 5.41) is 8.75. The Balaban J connectivity index is 2.46. The summed E-state index contributed by atoms with van der Waals surface area (Å²) in [5.74, 6) is -0.00182. The maximum Gasteiger partial charge on any atom is 0.160 e. The highest BCUT2D eigenvalue weighted by Crippen LogP contribution is 2.22. The van der Waals surface area contributed by atoms with Crippen molar-refractivity contribution in [3.8, 4) is 11.1 Å². The number of carbonyl (C=O) groups is 1. The standard InChI is InChI=1S/C15H15NO2/c1-11(17)15-9-13(7-8-14(15)10-16-18)12-5-3-2-4-6-12/h2-9,16,18H,10H2,1H3. The molecule has 0 aliphatic carbocycles. The van der Waals surface area contributed by atoms with Crippen LogP contribution in [0.1, 0.15) is 22.8 Å². The first-order chi connectivity index (χ1) is 8.72. The van der Waals surface area contributed by atoms with Crippen LogP contribution in [-0.4, -0.2) is 11.0 Å². The molecule has 0 aliphatic heterocycles. The summed E-state index contributed by atoms with van der Waals surface area (Å²) in [6.45, 7) is 1.80. The van der Waals surface area contributed by atoms with Crippen LogP contribution in [0, 0.1) is 0 Å². The minimum absolute atomic E-state index is 0.00182. The van der Waals surface area contributed by atoms with Crippen LogP contribution in [0.4, 0.5) is 0 Å². The molecule has 0 amide bonds. The van der Waals surface area contributed by atoms with Crippen LogP contribution in [0.5, 0.6) is 0 Å². The van der Waals surface area contributed by atoms with Crippen molar-refractivity contribution in [3.63, 3.8) is 0 Å². The van der Waals surface area contributed by atoms with Crippen LogP contribution in [0.25, 0.3) is 11.1 Å². The van der Waals surface area contributed by atoms with Crippen molar-refractivity contribution in [1.82, 2.24) is 5.48 Å². The number of hydrogen-bond donors (Lipinski definition) is 2. The average molecular weight is 241 g/mol. The molecule has 3 heteroatoms. The third-order valence-corrected chi connectivity index (χ3v) is 2.87. The largest absolute Gasteiger partial charge is 0.316 e. The van der Waals surface area contributed by atoms with Gasteiger partial charge in [-0.25, -0.2) is 5.48 Å². The van der Waals surface area contributed by atoms with E-state index in [4.69, 9.17) is 5.21 Å². The second-order valence-electron chi connectivity index (χ2n) is 4.13. The van der Waals surface area contributed by atoms with E-state index < -0.39 is 0 Å². The van der Waals surface area contributed by atoms with E-state index in [0.717, 1.165) is 16.7 Å². The van der Waals surface area contributed by atoms with Gasteiger partial charge in [-0.15, -0.1) is 0 Å². The van der Waals surface area contributed by atoms with Crippen molar-refractivity contribution in [2.24, 2.45) is 0 Å². The minimum Gasteiger partial charge on any atom is -0.316 e. The van der Waals surface area contributed by atoms with Crippen molar-refractivity contribution in [2.45, 2.75) is 13.5 Å². The number of hydrogen-bond acceptors (Lipinski definition) is 3. The maximum absolute atomic E-state index is 11.6. The molecule has 2 aromatic rings. The fourth-order valence-electron chi connectivity index (χ4n) is 1.95. The van der Waals surface area contributed by atoms with Gasteiger partial charge in [0.05, 0.1) is 0 Å². The van der Waals surface area contributed by atoms with E-state index in [1.54, 1.807) is 0 Å². The molecule has 0 unspecified atom stereocenters. The fraction of sp³-hybridized carbons (Fsp3) is 0.133. The Morgan fingerprint density at radius 1 is 1.11 bits per heavy atom. The number of rotatable bonds is 4. The van der Waals surface area contributed by atoms with Crippen molar-refractivity contribution < 1.29 is 10.0 Å². The molecule has 0 radical (unpaired) electrons. The lowest BCUT2D eigenvalue weighted by Gasteiger charge is -2.09. The summed E-state index contributed by atoms with van der Waals surface area (Å²) in [7, 11) is 0. The molecule has 18 heavy (non-hydrogen) atoms. The second-order valence-corrected chi connectivity index (χ2v) is 4.13. The Morgan fingerprint density at radius 3 is 2.44 bits per heavy atom. The Morgan fingerprint density at radius 2 is 1.83 bits per heavy atom. The van der Waals surface area contributed by atoms with Crippen LogP contribution >= 0.6 is 0 Å². The number of nitrogens with one attached hydrogen (secondary N) is 1. The number of carbonyl (C=O) groups excluding carboxylic acids is 1. The molecule has 0 aromatic heterocycles. The van der Waals surface area contributed by atoms with Crippen LogP contribution in [-0.2, 0) is 6.54 Å². The van der Waals surface area contributed by atoms with Gasteiger partial charge < -0.3 is 5.21 Å². The van der Waals surface area contributed by atoms with Gasteiger partial charge in [0, 0.05) is 12.1 Å². The zero-order chi connectivity index (χ0) is 13.0. The smallest absolute Gasteiger partial charge is 0.160 e. The highest BCUT2D eigenvalue weighted by Gasteiger charge is 2.08. The molecule has 0 atom stereocenters. The van der Waals surface area contributed by atoms with E-state index in [9.17, 15) is 4.79 Å². The molecule has 0 saturated carbocycles. The second kappa shape index (κ2) is 5.58. The molecule has 2 N–H and O–H groups in total. The summed E-state index contributed by atoms with van der Waals surface area (Å²) >= 11 is 0. The highest BCUT2D eigenvalue weighted by molar-refractivity contribution is 5.96. The van der Waals surface area contributed by atoms with Crippen molar-refractivity contribution in [3.05, 3.63) is 59.7 Å². The summed E-state index contributed by atoms with van der Waals surface area (Å²) in [4.78, 5) is 11.6. The number of hydroxylamine groups is 1. The maximum atomic E-state index is 11.6. The minimum atomic E-state index is -0.00182. The Hall–Kier alpha value is -1.97. The number of benzene rings is 2. The van der Waals surface area contributed by atoms with Gasteiger partial charge in [-0.2, -0.15) is 0 Å². The summed E-state index contributed by atoms with van der Waals surface area (Å²) < 4.78 is 0. The fourth-order valence-corrected chi connectivity index (χ4v) is 1.95. The monoisotopic (exact) mass is 241 g/mol. The van der Waals surface area contributed by atoms with Crippen LogP contribution in [0.2, 0.25) is 0 Å². The van der Waals surface area contributed by atoms with E-state index in [1.165, 1.54) is 6.92 Å². The molecule has 0 fully saturated rings. The molecule has 0 bridgehead atoms. The molecule has 2 aromatic carbocycles. The zero-order valence-corrected chi connectivity index (χ0v) is 10.2. The van der Waals surface area contributed by atoms with E-state index >= 15 is 0 Å². The zero-order valence-electron chi connectivity index (χ0n) is 10.2. The molecule has 92 valence electrons. The van der Waals surface area contributed by atoms with Crippen LogP contribution < -0.4 is 5.48 Å². The predicted molar refractivity (Wildman–Crippen MR) is 70.5 cm³/mol. The van der Waals surface area contributed by atoms with Gasteiger partial charge in [-0.05, 0) is 29.7 Å². The third-order valence-electron chi connectivity index (χ3n) is 2.87. The van der Waals surface area contributed by atoms with E-state index in [1.807, 2.05) is 48.5 Å². The van der Waals surface area contributed by atoms with Gasteiger partial charge in [0.2, 0.25) is 0 Å². The van der Waals surface area contributed by atoms with Gasteiger partial charge in [0.1, 0.15) is 0 Å². The lowest BCUT2D eigenvalue weighted by atomic mass is 9.97. The molecule has 0 heterocycles. The first-order valence-electron chi connectivity index (χ1n) is 5.78. The van der Waals surface area contributed by atoms with Crippen LogP contribution in [0.15, 0.2) is 48.5 Å². The Labute approximate surface area is 106 Å². The Bertz CT molecular complexity index is 550. The average Bonchev–Trinajstić information content (AvgIpc) is 2.40. The van der Waals surface area contributed by atoms with Gasteiger partial charge in [-0.1, -0.05) is 42.5 Å². The first-order valence-corrected chi connectivity index (χ1v) is 5.78. The molecule has 0 spiro atoms. The third kappa shape index (κ3) is 2.64.